The minimum absolute atomic E-state index is 0.228. The standard InChI is InChI=1S/C10H12ClN5/c1-5-2-6(5)3-12-8-7-9(14-4-13-7)16-10(11)15-8/h4-6H,2-3H2,1H3,(H2,12,13,14,15,16). The van der Waals surface area contributed by atoms with Crippen LogP contribution in [0.2, 0.25) is 5.28 Å². The number of aromatic nitrogens is 4. The van der Waals surface area contributed by atoms with Gasteiger partial charge in [0.15, 0.2) is 11.5 Å². The van der Waals surface area contributed by atoms with Crippen molar-refractivity contribution in [1.82, 2.24) is 19.9 Å². The summed E-state index contributed by atoms with van der Waals surface area (Å²) in [4.78, 5) is 15.3. The number of anilines is 1. The van der Waals surface area contributed by atoms with E-state index in [0.717, 1.165) is 29.7 Å². The van der Waals surface area contributed by atoms with Crippen molar-refractivity contribution in [3.63, 3.8) is 0 Å². The zero-order valence-corrected chi connectivity index (χ0v) is 9.62. The monoisotopic (exact) mass is 237 g/mol. The highest BCUT2D eigenvalue weighted by molar-refractivity contribution is 6.28. The fourth-order valence-electron chi connectivity index (χ4n) is 1.85. The van der Waals surface area contributed by atoms with E-state index in [2.05, 4.69) is 32.2 Å². The van der Waals surface area contributed by atoms with Crippen LogP contribution in [0.3, 0.4) is 0 Å². The highest BCUT2D eigenvalue weighted by Gasteiger charge is 2.32. The third kappa shape index (κ3) is 1.71. The molecule has 0 aliphatic heterocycles. The van der Waals surface area contributed by atoms with Crippen molar-refractivity contribution in [2.24, 2.45) is 11.8 Å². The molecule has 6 heteroatoms. The molecule has 0 saturated heterocycles. The van der Waals surface area contributed by atoms with Crippen molar-refractivity contribution in [2.75, 3.05) is 11.9 Å². The molecule has 1 aliphatic carbocycles. The largest absolute Gasteiger partial charge is 0.368 e. The number of rotatable bonds is 3. The minimum atomic E-state index is 0.228. The van der Waals surface area contributed by atoms with Crippen LogP contribution in [-0.2, 0) is 0 Å². The molecule has 2 heterocycles. The number of imidazole rings is 1. The molecule has 0 aromatic carbocycles. The van der Waals surface area contributed by atoms with Crippen molar-refractivity contribution >= 4 is 28.6 Å². The first kappa shape index (κ1) is 9.84. The van der Waals surface area contributed by atoms with Crippen LogP contribution in [0.1, 0.15) is 13.3 Å². The summed E-state index contributed by atoms with van der Waals surface area (Å²) < 4.78 is 0. The predicted molar refractivity (Wildman–Crippen MR) is 62.5 cm³/mol. The van der Waals surface area contributed by atoms with Gasteiger partial charge in [-0.05, 0) is 29.9 Å². The zero-order valence-electron chi connectivity index (χ0n) is 8.87. The number of fused-ring (bicyclic) bond motifs is 1. The summed E-state index contributed by atoms with van der Waals surface area (Å²) in [6.07, 6.45) is 2.89. The Kier molecular flexibility index (Phi) is 2.21. The fraction of sp³-hybridized carbons (Fsp3) is 0.500. The summed E-state index contributed by atoms with van der Waals surface area (Å²) >= 11 is 5.82. The third-order valence-corrected chi connectivity index (χ3v) is 3.24. The lowest BCUT2D eigenvalue weighted by atomic mass is 10.3. The Bertz CT molecular complexity index is 523. The van der Waals surface area contributed by atoms with E-state index in [-0.39, 0.29) is 5.28 Å². The van der Waals surface area contributed by atoms with Gasteiger partial charge < -0.3 is 10.3 Å². The third-order valence-electron chi connectivity index (χ3n) is 3.07. The number of hydrogen-bond acceptors (Lipinski definition) is 4. The molecule has 16 heavy (non-hydrogen) atoms. The van der Waals surface area contributed by atoms with E-state index in [1.807, 2.05) is 0 Å². The van der Waals surface area contributed by atoms with Crippen LogP contribution in [-0.4, -0.2) is 26.5 Å². The number of hydrogen-bond donors (Lipinski definition) is 2. The normalized spacial score (nSPS) is 23.6. The molecule has 2 aromatic heterocycles. The van der Waals surface area contributed by atoms with Crippen molar-refractivity contribution in [2.45, 2.75) is 13.3 Å². The van der Waals surface area contributed by atoms with Crippen molar-refractivity contribution in [3.05, 3.63) is 11.6 Å². The Morgan fingerprint density at radius 3 is 3.12 bits per heavy atom. The molecule has 1 fully saturated rings. The summed E-state index contributed by atoms with van der Waals surface area (Å²) in [7, 11) is 0. The molecule has 0 spiro atoms. The van der Waals surface area contributed by atoms with Gasteiger partial charge in [0, 0.05) is 6.54 Å². The number of halogens is 1. The summed E-state index contributed by atoms with van der Waals surface area (Å²) in [6.45, 7) is 3.19. The molecule has 0 amide bonds. The van der Waals surface area contributed by atoms with E-state index in [4.69, 9.17) is 11.6 Å². The van der Waals surface area contributed by atoms with Gasteiger partial charge in [-0.25, -0.2) is 4.98 Å². The summed E-state index contributed by atoms with van der Waals surface area (Å²) in [6, 6.07) is 0. The molecule has 5 nitrogen and oxygen atoms in total. The lowest BCUT2D eigenvalue weighted by Gasteiger charge is -2.05. The van der Waals surface area contributed by atoms with Gasteiger partial charge in [0.25, 0.3) is 0 Å². The van der Waals surface area contributed by atoms with Crippen LogP contribution < -0.4 is 5.32 Å². The van der Waals surface area contributed by atoms with Crippen LogP contribution in [0.4, 0.5) is 5.82 Å². The molecular weight excluding hydrogens is 226 g/mol. The molecule has 1 aliphatic rings. The highest BCUT2D eigenvalue weighted by Crippen LogP contribution is 2.37. The van der Waals surface area contributed by atoms with Crippen molar-refractivity contribution < 1.29 is 0 Å². The molecule has 2 unspecified atom stereocenters. The van der Waals surface area contributed by atoms with E-state index in [0.29, 0.717) is 5.65 Å². The molecule has 0 bridgehead atoms. The van der Waals surface area contributed by atoms with E-state index >= 15 is 0 Å². The first-order valence-electron chi connectivity index (χ1n) is 5.34. The second-order valence-corrected chi connectivity index (χ2v) is 4.63. The van der Waals surface area contributed by atoms with E-state index in [1.54, 1.807) is 6.33 Å². The van der Waals surface area contributed by atoms with Crippen LogP contribution >= 0.6 is 11.6 Å². The SMILES string of the molecule is CC1CC1CNc1nc(Cl)nc2nc[nH]c12. The van der Waals surface area contributed by atoms with Crippen LogP contribution in [0, 0.1) is 11.8 Å². The van der Waals surface area contributed by atoms with Gasteiger partial charge in [-0.3, -0.25) is 0 Å². The van der Waals surface area contributed by atoms with Gasteiger partial charge >= 0.3 is 0 Å². The first-order chi connectivity index (χ1) is 7.74. The Labute approximate surface area is 97.7 Å². The van der Waals surface area contributed by atoms with Crippen LogP contribution in [0.5, 0.6) is 0 Å². The molecular formula is C10H12ClN5. The maximum Gasteiger partial charge on any atom is 0.226 e. The number of nitrogens with zero attached hydrogens (tertiary/aromatic N) is 3. The fourth-order valence-corrected chi connectivity index (χ4v) is 2.01. The Morgan fingerprint density at radius 2 is 2.38 bits per heavy atom. The van der Waals surface area contributed by atoms with Crippen molar-refractivity contribution in [1.29, 1.82) is 0 Å². The first-order valence-corrected chi connectivity index (χ1v) is 5.72. The second kappa shape index (κ2) is 3.59. The van der Waals surface area contributed by atoms with Gasteiger partial charge in [-0.2, -0.15) is 9.97 Å². The lowest BCUT2D eigenvalue weighted by molar-refractivity contribution is 0.785. The average Bonchev–Trinajstić information content (AvgIpc) is 2.76. The van der Waals surface area contributed by atoms with E-state index < -0.39 is 0 Å². The van der Waals surface area contributed by atoms with Crippen LogP contribution in [0.25, 0.3) is 11.2 Å². The average molecular weight is 238 g/mol. The van der Waals surface area contributed by atoms with Gasteiger partial charge in [-0.15, -0.1) is 0 Å². The Balaban J connectivity index is 1.86. The van der Waals surface area contributed by atoms with E-state index in [1.165, 1.54) is 6.42 Å². The maximum atomic E-state index is 5.82. The van der Waals surface area contributed by atoms with E-state index in [9.17, 15) is 0 Å². The zero-order chi connectivity index (χ0) is 11.1. The van der Waals surface area contributed by atoms with Gasteiger partial charge in [0.1, 0.15) is 5.52 Å². The summed E-state index contributed by atoms with van der Waals surface area (Å²) in [5.41, 5.74) is 1.42. The number of H-pyrrole nitrogens is 1. The molecule has 0 radical (unpaired) electrons. The smallest absolute Gasteiger partial charge is 0.226 e. The Hall–Kier alpha value is -1.36. The number of nitrogens with one attached hydrogen (secondary N) is 2. The summed E-state index contributed by atoms with van der Waals surface area (Å²) in [5, 5.41) is 3.53. The predicted octanol–water partition coefficient (Wildman–Crippen LogP) is 2.07. The summed E-state index contributed by atoms with van der Waals surface area (Å²) in [5.74, 6) is 2.32. The maximum absolute atomic E-state index is 5.82. The molecule has 2 N–H and O–H groups in total. The van der Waals surface area contributed by atoms with Gasteiger partial charge in [0.05, 0.1) is 6.33 Å². The molecule has 2 atom stereocenters. The number of aromatic amines is 1. The molecule has 3 rings (SSSR count). The molecule has 2 aromatic rings. The Morgan fingerprint density at radius 1 is 1.56 bits per heavy atom. The molecule has 1 saturated carbocycles. The highest BCUT2D eigenvalue weighted by atomic mass is 35.5. The van der Waals surface area contributed by atoms with Crippen LogP contribution in [0.15, 0.2) is 6.33 Å². The second-order valence-electron chi connectivity index (χ2n) is 4.30. The topological polar surface area (TPSA) is 66.5 Å². The van der Waals surface area contributed by atoms with Gasteiger partial charge in [-0.1, -0.05) is 6.92 Å². The van der Waals surface area contributed by atoms with Gasteiger partial charge in [0.2, 0.25) is 5.28 Å². The quantitative estimate of drug-likeness (QED) is 0.802. The lowest BCUT2D eigenvalue weighted by Crippen LogP contribution is -2.07. The van der Waals surface area contributed by atoms with Crippen molar-refractivity contribution in [3.8, 4) is 0 Å². The molecule has 84 valence electrons. The minimum Gasteiger partial charge on any atom is -0.368 e.